The molecule has 13 nitrogen and oxygen atoms in total. The number of benzene rings is 1. The first-order valence-electron chi connectivity index (χ1n) is 15.9. The van der Waals surface area contributed by atoms with Crippen LogP contribution in [0.2, 0.25) is 0 Å². The monoisotopic (exact) mass is 735 g/mol. The molecule has 2 atom stereocenters. The van der Waals surface area contributed by atoms with Gasteiger partial charge in [0.05, 0.1) is 28.7 Å². The summed E-state index contributed by atoms with van der Waals surface area (Å²) >= 11 is 0. The van der Waals surface area contributed by atoms with Crippen molar-refractivity contribution in [3.63, 3.8) is 0 Å². The van der Waals surface area contributed by atoms with Crippen molar-refractivity contribution in [1.29, 1.82) is 0 Å². The summed E-state index contributed by atoms with van der Waals surface area (Å²) in [5.41, 5.74) is 2.06. The molecule has 4 aliphatic carbocycles. The van der Waals surface area contributed by atoms with Crippen LogP contribution in [0.25, 0.3) is 0 Å². The van der Waals surface area contributed by atoms with Gasteiger partial charge in [-0.15, -0.1) is 0 Å². The van der Waals surface area contributed by atoms with Crippen molar-refractivity contribution < 1.29 is 73.2 Å². The van der Waals surface area contributed by atoms with Crippen LogP contribution < -0.4 is 50.2 Å². The Hall–Kier alpha value is -0.530. The minimum atomic E-state index is -3.99. The van der Waals surface area contributed by atoms with Crippen LogP contribution in [0.3, 0.4) is 0 Å². The summed E-state index contributed by atoms with van der Waals surface area (Å²) in [7, 11) is -10.1. The van der Waals surface area contributed by atoms with Crippen LogP contribution in [0.1, 0.15) is 78.6 Å². The average Bonchev–Trinajstić information content (AvgIpc) is 2.89. The number of hydrogen-bond donors (Lipinski definition) is 5. The maximum Gasteiger partial charge on any atom is 1.00 e. The number of hydrogen-bond acceptors (Lipinski definition) is 11. The first-order valence-corrected chi connectivity index (χ1v) is 20.7. The molecule has 4 aliphatic rings. The van der Waals surface area contributed by atoms with Gasteiger partial charge in [-0.25, -0.2) is 8.42 Å². The Morgan fingerprint density at radius 3 is 1.77 bits per heavy atom. The third kappa shape index (κ3) is 18.3. The largest absolute Gasteiger partial charge is 1.00 e. The Morgan fingerprint density at radius 1 is 0.809 bits per heavy atom. The second-order valence-electron chi connectivity index (χ2n) is 13.7. The number of methoxy groups -OCH3 is 1. The van der Waals surface area contributed by atoms with E-state index in [9.17, 15) is 29.8 Å². The fraction of sp³-hybridized carbons (Fsp3) is 0.800. The number of rotatable bonds is 16. The van der Waals surface area contributed by atoms with Crippen LogP contribution in [0.5, 0.6) is 5.75 Å². The van der Waals surface area contributed by atoms with E-state index in [0.29, 0.717) is 49.7 Å². The summed E-state index contributed by atoms with van der Waals surface area (Å²) in [6.07, 6.45) is 9.09. The molecular formula is C30H54N3NaO10S3. The predicted molar refractivity (Wildman–Crippen MR) is 179 cm³/mol. The van der Waals surface area contributed by atoms with Gasteiger partial charge in [-0.3, -0.25) is 9.11 Å². The van der Waals surface area contributed by atoms with Crippen molar-refractivity contribution in [2.24, 2.45) is 16.7 Å². The summed E-state index contributed by atoms with van der Waals surface area (Å²) < 4.78 is 94.8. The van der Waals surface area contributed by atoms with Gasteiger partial charge in [-0.05, 0) is 118 Å². The molecule has 0 aliphatic heterocycles. The van der Waals surface area contributed by atoms with E-state index in [1.807, 2.05) is 31.2 Å². The van der Waals surface area contributed by atoms with Crippen LogP contribution in [-0.4, -0.2) is 95.0 Å². The van der Waals surface area contributed by atoms with Gasteiger partial charge in [0.1, 0.15) is 5.75 Å². The van der Waals surface area contributed by atoms with Crippen molar-refractivity contribution in [3.8, 4) is 5.75 Å². The molecule has 4 bridgehead atoms. The Bertz CT molecular complexity index is 1390. The molecule has 0 radical (unpaired) electrons. The summed E-state index contributed by atoms with van der Waals surface area (Å²) in [6, 6.07) is 7.30. The number of nitrogens with one attached hydrogen (secondary N) is 3. The zero-order valence-electron chi connectivity index (χ0n) is 28.6. The summed E-state index contributed by atoms with van der Waals surface area (Å²) in [4.78, 5) is 0. The van der Waals surface area contributed by atoms with Gasteiger partial charge < -0.3 is 25.2 Å². The van der Waals surface area contributed by atoms with E-state index in [1.54, 1.807) is 7.11 Å². The summed E-state index contributed by atoms with van der Waals surface area (Å²) in [6.45, 7) is 9.38. The Kier molecular flexibility index (Phi) is 18.2. The molecule has 268 valence electrons. The van der Waals surface area contributed by atoms with E-state index in [0.717, 1.165) is 23.9 Å². The van der Waals surface area contributed by atoms with Gasteiger partial charge in [0.25, 0.3) is 20.2 Å². The van der Waals surface area contributed by atoms with Gasteiger partial charge in [0.2, 0.25) is 0 Å². The Balaban J connectivity index is 0.000000370. The molecule has 5 N–H and O–H groups in total. The zero-order valence-corrected chi connectivity index (χ0v) is 33.0. The van der Waals surface area contributed by atoms with Crippen LogP contribution in [-0.2, 0) is 30.4 Å². The molecule has 17 heteroatoms. The fourth-order valence-electron chi connectivity index (χ4n) is 8.00. The van der Waals surface area contributed by atoms with E-state index >= 15 is 0 Å². The topological polar surface area (TPSA) is 211 Å². The molecule has 2 unspecified atom stereocenters. The van der Waals surface area contributed by atoms with Crippen molar-refractivity contribution in [2.45, 2.75) is 84.1 Å². The molecule has 5 rings (SSSR count). The maximum atomic E-state index is 10.8. The molecular weight excluding hydrogens is 682 g/mol. The summed E-state index contributed by atoms with van der Waals surface area (Å²) in [5.74, 6) is 0.989. The predicted octanol–water partition coefficient (Wildman–Crippen LogP) is 0.523. The molecule has 47 heavy (non-hydrogen) atoms. The summed E-state index contributed by atoms with van der Waals surface area (Å²) in [5, 5.41) is 9.63. The Morgan fingerprint density at radius 2 is 1.32 bits per heavy atom. The molecule has 1 aromatic carbocycles. The maximum absolute atomic E-state index is 10.8. The minimum absolute atomic E-state index is 0. The standard InChI is InChI=1S/C15H27NO3S.C10H15NO4S.C5H13NO3S.Na/c1-13-6-12-7-14(2,9-13)11-15(8-12,10-13)16-4-3-5-20(17,18)19;1-15-10-5-3-9(4-6-10)11-7-2-8-16(12,13)14;1-2-6-4-3-5-10(7,8)9;/h12,16H,3-11H2,1-2H3,(H,17,18,19);3-6,11H,2,7-8H2,1H3,(H,12,13,14);6H,2-5H2,1H3,(H,7,8,9);/q;;;+1/p-1. The second kappa shape index (κ2) is 19.2. The van der Waals surface area contributed by atoms with Crippen LogP contribution in [0, 0.1) is 16.7 Å². The van der Waals surface area contributed by atoms with E-state index in [1.165, 1.54) is 38.5 Å². The van der Waals surface area contributed by atoms with Crippen LogP contribution in [0.4, 0.5) is 5.69 Å². The second-order valence-corrected chi connectivity index (χ2v) is 18.4. The quantitative estimate of drug-likeness (QED) is 0.0892. The fourth-order valence-corrected chi connectivity index (χ4v) is 9.52. The first kappa shape index (κ1) is 44.5. The zero-order chi connectivity index (χ0) is 34.7. The third-order valence-electron chi connectivity index (χ3n) is 8.70. The van der Waals surface area contributed by atoms with Gasteiger partial charge in [-0.1, -0.05) is 20.8 Å². The molecule has 0 heterocycles. The van der Waals surface area contributed by atoms with Crippen LogP contribution in [0.15, 0.2) is 24.3 Å². The molecule has 0 amide bonds. The van der Waals surface area contributed by atoms with Gasteiger partial charge in [0.15, 0.2) is 0 Å². The van der Waals surface area contributed by atoms with Gasteiger partial charge in [0, 0.05) is 23.5 Å². The van der Waals surface area contributed by atoms with Crippen molar-refractivity contribution in [3.05, 3.63) is 24.3 Å². The molecule has 4 fully saturated rings. The number of anilines is 1. The molecule has 0 spiro atoms. The SMILES string of the molecule is CC12CC3CC(C)(C1)CC(NCCCS(=O)(=O)O)(C3)C2.CCNCCCS(=O)(=O)[O-].COc1ccc(NCCCS(=O)(=O)O)cc1.[Na+]. The minimum Gasteiger partial charge on any atom is -0.748 e. The van der Waals surface area contributed by atoms with Crippen molar-refractivity contribution in [2.75, 3.05) is 55.9 Å². The van der Waals surface area contributed by atoms with Crippen molar-refractivity contribution in [1.82, 2.24) is 10.6 Å². The Labute approximate surface area is 304 Å². The average molecular weight is 736 g/mol. The van der Waals surface area contributed by atoms with Gasteiger partial charge in [-0.2, -0.15) is 16.8 Å². The molecule has 1 aromatic rings. The number of ether oxygens (including phenoxy) is 1. The van der Waals surface area contributed by atoms with E-state index in [4.69, 9.17) is 13.8 Å². The first-order chi connectivity index (χ1) is 21.2. The molecule has 0 aromatic heterocycles. The molecule has 4 saturated carbocycles. The normalized spacial score (nSPS) is 26.2. The smallest absolute Gasteiger partial charge is 0.748 e. The van der Waals surface area contributed by atoms with E-state index in [2.05, 4.69) is 29.8 Å². The van der Waals surface area contributed by atoms with E-state index < -0.39 is 30.4 Å². The molecule has 0 saturated heterocycles. The van der Waals surface area contributed by atoms with Crippen LogP contribution >= 0.6 is 0 Å². The van der Waals surface area contributed by atoms with E-state index in [-0.39, 0.29) is 52.4 Å². The third-order valence-corrected chi connectivity index (χ3v) is 11.1. The van der Waals surface area contributed by atoms with Crippen molar-refractivity contribution >= 4 is 36.0 Å². The van der Waals surface area contributed by atoms with Gasteiger partial charge >= 0.3 is 29.6 Å².